The number of ether oxygens (including phenoxy) is 2. The van der Waals surface area contributed by atoms with Gasteiger partial charge in [-0.3, -0.25) is 13.9 Å². The van der Waals surface area contributed by atoms with Gasteiger partial charge >= 0.3 is 0 Å². The van der Waals surface area contributed by atoms with Gasteiger partial charge < -0.3 is 20.5 Å². The van der Waals surface area contributed by atoms with Gasteiger partial charge in [0.1, 0.15) is 18.0 Å². The predicted octanol–water partition coefficient (Wildman–Crippen LogP) is 1.21. The third kappa shape index (κ3) is 4.92. The minimum Gasteiger partial charge on any atom is -0.497 e. The highest BCUT2D eigenvalue weighted by Crippen LogP contribution is 2.33. The van der Waals surface area contributed by atoms with Gasteiger partial charge in [-0.1, -0.05) is 12.1 Å². The van der Waals surface area contributed by atoms with E-state index in [1.165, 1.54) is 38.5 Å². The molecule has 0 heterocycles. The van der Waals surface area contributed by atoms with E-state index >= 15 is 0 Å². The Morgan fingerprint density at radius 1 is 1.11 bits per heavy atom. The lowest BCUT2D eigenvalue weighted by Gasteiger charge is -2.24. The summed E-state index contributed by atoms with van der Waals surface area (Å²) in [7, 11) is -1.03. The molecule has 0 aromatic heterocycles. The van der Waals surface area contributed by atoms with Crippen LogP contribution in [-0.4, -0.2) is 47.3 Å². The molecule has 0 radical (unpaired) electrons. The van der Waals surface area contributed by atoms with Crippen molar-refractivity contribution in [2.45, 2.75) is 0 Å². The lowest BCUT2D eigenvalue weighted by atomic mass is 10.1. The van der Waals surface area contributed by atoms with Crippen LogP contribution >= 0.6 is 0 Å². The first-order valence-corrected chi connectivity index (χ1v) is 9.90. The molecule has 2 rings (SSSR count). The van der Waals surface area contributed by atoms with Crippen LogP contribution < -0.4 is 24.8 Å². The highest BCUT2D eigenvalue weighted by atomic mass is 32.2. The maximum absolute atomic E-state index is 12.5. The van der Waals surface area contributed by atoms with Gasteiger partial charge in [-0.05, 0) is 24.3 Å². The number of nitrogens with two attached hydrogens (primary N) is 1. The Kier molecular flexibility index (Phi) is 6.47. The van der Waals surface area contributed by atoms with Crippen LogP contribution in [0.4, 0.5) is 11.4 Å². The molecule has 0 spiro atoms. The molecule has 3 N–H and O–H groups in total. The van der Waals surface area contributed by atoms with E-state index in [4.69, 9.17) is 15.2 Å². The van der Waals surface area contributed by atoms with E-state index in [-0.39, 0.29) is 22.7 Å². The number of amides is 2. The number of hydrogen-bond donors (Lipinski definition) is 2. The first-order valence-electron chi connectivity index (χ1n) is 8.05. The number of sulfonamides is 1. The first-order chi connectivity index (χ1) is 13.2. The molecule has 9 nitrogen and oxygen atoms in total. The SMILES string of the molecule is COc1ccc(OC)c(N(CC(=O)Nc2ccccc2C(N)=O)S(C)(=O)=O)c1. The maximum atomic E-state index is 12.5. The molecule has 2 aromatic carbocycles. The number of primary amides is 1. The fourth-order valence-corrected chi connectivity index (χ4v) is 3.35. The van der Waals surface area contributed by atoms with Crippen LogP contribution in [0, 0.1) is 0 Å². The van der Waals surface area contributed by atoms with Crippen molar-refractivity contribution < 1.29 is 27.5 Å². The van der Waals surface area contributed by atoms with Crippen LogP contribution in [0.2, 0.25) is 0 Å². The Labute approximate surface area is 163 Å². The molecule has 0 saturated heterocycles. The maximum Gasteiger partial charge on any atom is 0.250 e. The predicted molar refractivity (Wildman–Crippen MR) is 105 cm³/mol. The van der Waals surface area contributed by atoms with E-state index in [0.29, 0.717) is 5.75 Å². The van der Waals surface area contributed by atoms with Crippen molar-refractivity contribution in [3.8, 4) is 11.5 Å². The van der Waals surface area contributed by atoms with E-state index in [0.717, 1.165) is 10.6 Å². The summed E-state index contributed by atoms with van der Waals surface area (Å²) >= 11 is 0. The van der Waals surface area contributed by atoms with Crippen LogP contribution in [-0.2, 0) is 14.8 Å². The normalized spacial score (nSPS) is 10.8. The molecular formula is C18H21N3O6S. The van der Waals surface area contributed by atoms with E-state index in [9.17, 15) is 18.0 Å². The number of nitrogens with zero attached hydrogens (tertiary/aromatic N) is 1. The fourth-order valence-electron chi connectivity index (χ4n) is 2.50. The molecule has 2 amide bonds. The third-order valence-corrected chi connectivity index (χ3v) is 4.94. The Bertz CT molecular complexity index is 991. The van der Waals surface area contributed by atoms with Crippen molar-refractivity contribution in [2.24, 2.45) is 5.73 Å². The van der Waals surface area contributed by atoms with Gasteiger partial charge in [0, 0.05) is 6.07 Å². The van der Waals surface area contributed by atoms with E-state index in [1.54, 1.807) is 18.2 Å². The van der Waals surface area contributed by atoms with Crippen LogP contribution in [0.3, 0.4) is 0 Å². The van der Waals surface area contributed by atoms with Gasteiger partial charge in [0.25, 0.3) is 5.91 Å². The molecule has 0 aliphatic rings. The molecular weight excluding hydrogens is 386 g/mol. The molecule has 10 heteroatoms. The summed E-state index contributed by atoms with van der Waals surface area (Å²) in [5, 5.41) is 2.51. The van der Waals surface area contributed by atoms with Crippen LogP contribution in [0.1, 0.15) is 10.4 Å². The van der Waals surface area contributed by atoms with Crippen molar-refractivity contribution in [3.05, 3.63) is 48.0 Å². The molecule has 0 bridgehead atoms. The molecule has 2 aromatic rings. The van der Waals surface area contributed by atoms with Gasteiger partial charge in [0.05, 0.1) is 37.4 Å². The molecule has 0 fully saturated rings. The number of rotatable bonds is 8. The number of carbonyl (C=O) groups excluding carboxylic acids is 2. The number of anilines is 2. The number of methoxy groups -OCH3 is 2. The summed E-state index contributed by atoms with van der Waals surface area (Å²) in [4.78, 5) is 24.0. The molecule has 28 heavy (non-hydrogen) atoms. The second-order valence-electron chi connectivity index (χ2n) is 5.77. The summed E-state index contributed by atoms with van der Waals surface area (Å²) in [6.45, 7) is -0.546. The summed E-state index contributed by atoms with van der Waals surface area (Å²) in [5.74, 6) is -0.741. The second kappa shape index (κ2) is 8.61. The lowest BCUT2D eigenvalue weighted by Crippen LogP contribution is -2.38. The van der Waals surface area contributed by atoms with Gasteiger partial charge in [-0.2, -0.15) is 0 Å². The van der Waals surface area contributed by atoms with Gasteiger partial charge in [0.15, 0.2) is 0 Å². The molecule has 0 saturated carbocycles. The van der Waals surface area contributed by atoms with Gasteiger partial charge in [-0.15, -0.1) is 0 Å². The number of nitrogens with one attached hydrogen (secondary N) is 1. The van der Waals surface area contributed by atoms with E-state index < -0.39 is 28.4 Å². The highest BCUT2D eigenvalue weighted by Gasteiger charge is 2.25. The lowest BCUT2D eigenvalue weighted by molar-refractivity contribution is -0.114. The molecule has 150 valence electrons. The molecule has 0 aliphatic carbocycles. The average Bonchev–Trinajstić information content (AvgIpc) is 2.65. The largest absolute Gasteiger partial charge is 0.497 e. The minimum atomic E-state index is -3.84. The summed E-state index contributed by atoms with van der Waals surface area (Å²) < 4.78 is 35.9. The summed E-state index contributed by atoms with van der Waals surface area (Å²) in [6, 6.07) is 10.7. The van der Waals surface area contributed by atoms with Gasteiger partial charge in [-0.25, -0.2) is 8.42 Å². The average molecular weight is 407 g/mol. The Morgan fingerprint density at radius 2 is 1.79 bits per heavy atom. The molecule has 0 aliphatic heterocycles. The quantitative estimate of drug-likeness (QED) is 0.677. The third-order valence-electron chi connectivity index (χ3n) is 3.81. The number of para-hydroxylation sites is 1. The zero-order valence-electron chi connectivity index (χ0n) is 15.6. The second-order valence-corrected chi connectivity index (χ2v) is 7.67. The zero-order valence-corrected chi connectivity index (χ0v) is 16.4. The molecule has 0 atom stereocenters. The van der Waals surface area contributed by atoms with Crippen molar-refractivity contribution in [1.82, 2.24) is 0 Å². The smallest absolute Gasteiger partial charge is 0.250 e. The summed E-state index contributed by atoms with van der Waals surface area (Å²) in [6.07, 6.45) is 0.969. The highest BCUT2D eigenvalue weighted by molar-refractivity contribution is 7.92. The van der Waals surface area contributed by atoms with Crippen LogP contribution in [0.25, 0.3) is 0 Å². The van der Waals surface area contributed by atoms with Crippen LogP contribution in [0.5, 0.6) is 11.5 Å². The molecule has 0 unspecified atom stereocenters. The van der Waals surface area contributed by atoms with E-state index in [2.05, 4.69) is 5.32 Å². The Balaban J connectivity index is 2.37. The van der Waals surface area contributed by atoms with Crippen LogP contribution in [0.15, 0.2) is 42.5 Å². The number of hydrogen-bond acceptors (Lipinski definition) is 6. The number of benzene rings is 2. The van der Waals surface area contributed by atoms with Crippen molar-refractivity contribution >= 4 is 33.2 Å². The summed E-state index contributed by atoms with van der Waals surface area (Å²) in [5.41, 5.74) is 5.73. The van der Waals surface area contributed by atoms with Crippen molar-refractivity contribution in [2.75, 3.05) is 36.6 Å². The number of carbonyl (C=O) groups is 2. The minimum absolute atomic E-state index is 0.112. The standard InChI is InChI=1S/C18H21N3O6S/c1-26-12-8-9-16(27-2)15(10-12)21(28(3,24)25)11-17(22)20-14-7-5-4-6-13(14)18(19)23/h4-10H,11H2,1-3H3,(H2,19,23)(H,20,22). The fraction of sp³-hybridized carbons (Fsp3) is 0.222. The van der Waals surface area contributed by atoms with E-state index in [1.807, 2.05) is 0 Å². The van der Waals surface area contributed by atoms with Crippen molar-refractivity contribution in [1.29, 1.82) is 0 Å². The Morgan fingerprint density at radius 3 is 2.36 bits per heavy atom. The van der Waals surface area contributed by atoms with Crippen molar-refractivity contribution in [3.63, 3.8) is 0 Å². The van der Waals surface area contributed by atoms with Gasteiger partial charge in [0.2, 0.25) is 15.9 Å². The monoisotopic (exact) mass is 407 g/mol. The zero-order chi connectivity index (χ0) is 20.9. The Hall–Kier alpha value is -3.27. The first kappa shape index (κ1) is 21.0. The topological polar surface area (TPSA) is 128 Å².